The number of aliphatic hydroxyl groups excluding tert-OH is 1. The van der Waals surface area contributed by atoms with Crippen molar-refractivity contribution in [2.45, 2.75) is 20.0 Å². The van der Waals surface area contributed by atoms with E-state index < -0.39 is 0 Å². The van der Waals surface area contributed by atoms with Gasteiger partial charge in [-0.3, -0.25) is 0 Å². The smallest absolute Gasteiger partial charge is 0.0813 e. The lowest BCUT2D eigenvalue weighted by Crippen LogP contribution is -2.05. The van der Waals surface area contributed by atoms with Gasteiger partial charge in [-0.1, -0.05) is 26.0 Å². The fourth-order valence-corrected chi connectivity index (χ4v) is 1.64. The number of hydrogen-bond acceptors (Lipinski definition) is 1. The van der Waals surface area contributed by atoms with Gasteiger partial charge in [-0.15, -0.1) is 0 Å². The van der Waals surface area contributed by atoms with Crippen molar-refractivity contribution < 1.29 is 5.11 Å². The van der Waals surface area contributed by atoms with Crippen LogP contribution in [0.2, 0.25) is 0 Å². The monoisotopic (exact) mass is 276 g/mol. The Balaban J connectivity index is 2.88. The van der Waals surface area contributed by atoms with Crippen LogP contribution in [0, 0.1) is 9.49 Å². The highest BCUT2D eigenvalue weighted by Gasteiger charge is 2.11. The number of benzene rings is 1. The van der Waals surface area contributed by atoms with E-state index in [2.05, 4.69) is 22.6 Å². The molecule has 0 spiro atoms. The van der Waals surface area contributed by atoms with Gasteiger partial charge in [0.25, 0.3) is 0 Å². The summed E-state index contributed by atoms with van der Waals surface area (Å²) in [4.78, 5) is 0. The zero-order valence-corrected chi connectivity index (χ0v) is 9.45. The molecule has 0 aliphatic carbocycles. The quantitative estimate of drug-likeness (QED) is 0.823. The van der Waals surface area contributed by atoms with Crippen molar-refractivity contribution in [1.29, 1.82) is 0 Å². The van der Waals surface area contributed by atoms with Crippen LogP contribution in [-0.2, 0) is 0 Å². The topological polar surface area (TPSA) is 20.2 Å². The van der Waals surface area contributed by atoms with Crippen molar-refractivity contribution >= 4 is 22.6 Å². The van der Waals surface area contributed by atoms with Gasteiger partial charge in [0.15, 0.2) is 0 Å². The molecular formula is C10H13IO. The first-order valence-corrected chi connectivity index (χ1v) is 5.12. The van der Waals surface area contributed by atoms with Crippen LogP contribution in [0.25, 0.3) is 0 Å². The van der Waals surface area contributed by atoms with Crippen molar-refractivity contribution in [1.82, 2.24) is 0 Å². The predicted molar refractivity (Wildman–Crippen MR) is 59.0 cm³/mol. The van der Waals surface area contributed by atoms with Gasteiger partial charge in [0, 0.05) is 3.57 Å². The lowest BCUT2D eigenvalue weighted by atomic mass is 10.00. The molecule has 2 heteroatoms. The Morgan fingerprint density at radius 2 is 2.00 bits per heavy atom. The van der Waals surface area contributed by atoms with Crippen LogP contribution >= 0.6 is 22.6 Å². The van der Waals surface area contributed by atoms with E-state index >= 15 is 0 Å². The third-order valence-corrected chi connectivity index (χ3v) is 2.49. The molecule has 0 heterocycles. The molecule has 66 valence electrons. The van der Waals surface area contributed by atoms with Crippen LogP contribution in [0.1, 0.15) is 25.5 Å². The maximum atomic E-state index is 9.72. The minimum atomic E-state index is -0.334. The maximum absolute atomic E-state index is 9.72. The van der Waals surface area contributed by atoms with Gasteiger partial charge in [0.1, 0.15) is 0 Å². The largest absolute Gasteiger partial charge is 0.388 e. The third kappa shape index (κ3) is 2.45. The normalized spacial score (nSPS) is 13.4. The zero-order chi connectivity index (χ0) is 9.14. The van der Waals surface area contributed by atoms with E-state index in [-0.39, 0.29) is 12.0 Å². The molecule has 12 heavy (non-hydrogen) atoms. The SMILES string of the molecule is CC(C)C(O)c1cccc(I)c1. The molecule has 1 N–H and O–H groups in total. The molecule has 0 amide bonds. The van der Waals surface area contributed by atoms with Crippen LogP contribution in [0.3, 0.4) is 0 Å². The fraction of sp³-hybridized carbons (Fsp3) is 0.400. The van der Waals surface area contributed by atoms with Gasteiger partial charge < -0.3 is 5.11 Å². The van der Waals surface area contributed by atoms with Gasteiger partial charge in [0.05, 0.1) is 6.10 Å². The van der Waals surface area contributed by atoms with Gasteiger partial charge in [-0.25, -0.2) is 0 Å². The van der Waals surface area contributed by atoms with E-state index in [0.29, 0.717) is 0 Å². The molecule has 1 atom stereocenters. The molecule has 1 unspecified atom stereocenters. The average molecular weight is 276 g/mol. The van der Waals surface area contributed by atoms with Crippen LogP contribution in [0.4, 0.5) is 0 Å². The van der Waals surface area contributed by atoms with Gasteiger partial charge in [-0.2, -0.15) is 0 Å². The number of rotatable bonds is 2. The Morgan fingerprint density at radius 3 is 2.50 bits per heavy atom. The van der Waals surface area contributed by atoms with E-state index in [1.54, 1.807) is 0 Å². The summed E-state index contributed by atoms with van der Waals surface area (Å²) >= 11 is 2.25. The highest BCUT2D eigenvalue weighted by molar-refractivity contribution is 14.1. The molecule has 0 saturated heterocycles. The van der Waals surface area contributed by atoms with E-state index in [1.807, 2.05) is 38.1 Å². The Bertz CT molecular complexity index is 258. The molecule has 1 rings (SSSR count). The van der Waals surface area contributed by atoms with Crippen molar-refractivity contribution in [2.24, 2.45) is 5.92 Å². The molecule has 0 radical (unpaired) electrons. The molecule has 1 aromatic carbocycles. The molecule has 0 fully saturated rings. The lowest BCUT2D eigenvalue weighted by molar-refractivity contribution is 0.127. The first kappa shape index (κ1) is 9.99. The second-order valence-corrected chi connectivity index (χ2v) is 4.49. The number of aliphatic hydroxyl groups is 1. The summed E-state index contributed by atoms with van der Waals surface area (Å²) in [5, 5.41) is 9.72. The van der Waals surface area contributed by atoms with Crippen molar-refractivity contribution in [3.05, 3.63) is 33.4 Å². The lowest BCUT2D eigenvalue weighted by Gasteiger charge is -2.14. The van der Waals surface area contributed by atoms with Crippen molar-refractivity contribution in [2.75, 3.05) is 0 Å². The Morgan fingerprint density at radius 1 is 1.33 bits per heavy atom. The molecule has 0 saturated carbocycles. The highest BCUT2D eigenvalue weighted by Crippen LogP contribution is 2.22. The Hall–Kier alpha value is -0.0900. The zero-order valence-electron chi connectivity index (χ0n) is 7.29. The first-order valence-electron chi connectivity index (χ1n) is 4.05. The maximum Gasteiger partial charge on any atom is 0.0813 e. The van der Waals surface area contributed by atoms with Gasteiger partial charge in [-0.05, 0) is 46.2 Å². The Labute approximate surface area is 86.9 Å². The van der Waals surface area contributed by atoms with Crippen LogP contribution in [0.5, 0.6) is 0 Å². The summed E-state index contributed by atoms with van der Waals surface area (Å²) in [7, 11) is 0. The molecule has 1 aromatic rings. The van der Waals surface area contributed by atoms with E-state index in [1.165, 1.54) is 3.57 Å². The van der Waals surface area contributed by atoms with E-state index in [0.717, 1.165) is 5.56 Å². The summed E-state index contributed by atoms with van der Waals surface area (Å²) in [6.07, 6.45) is -0.334. The summed E-state index contributed by atoms with van der Waals surface area (Å²) < 4.78 is 1.17. The van der Waals surface area contributed by atoms with Gasteiger partial charge >= 0.3 is 0 Å². The van der Waals surface area contributed by atoms with Crippen molar-refractivity contribution in [3.63, 3.8) is 0 Å². The standard InChI is InChI=1S/C10H13IO/c1-7(2)10(12)8-4-3-5-9(11)6-8/h3-7,10,12H,1-2H3. The van der Waals surface area contributed by atoms with E-state index in [4.69, 9.17) is 0 Å². The first-order chi connectivity index (χ1) is 5.61. The van der Waals surface area contributed by atoms with Crippen LogP contribution in [0.15, 0.2) is 24.3 Å². The summed E-state index contributed by atoms with van der Waals surface area (Å²) in [5.74, 6) is 0.281. The molecular weight excluding hydrogens is 263 g/mol. The van der Waals surface area contributed by atoms with E-state index in [9.17, 15) is 5.11 Å². The molecule has 1 nitrogen and oxygen atoms in total. The molecule has 0 aliphatic rings. The van der Waals surface area contributed by atoms with Crippen molar-refractivity contribution in [3.8, 4) is 0 Å². The number of halogens is 1. The number of hydrogen-bond donors (Lipinski definition) is 1. The minimum absolute atomic E-state index is 0.281. The average Bonchev–Trinajstić information content (AvgIpc) is 2.03. The molecule has 0 aliphatic heterocycles. The second kappa shape index (κ2) is 4.23. The summed E-state index contributed by atoms with van der Waals surface area (Å²) in [5.41, 5.74) is 1.01. The Kier molecular flexibility index (Phi) is 3.53. The summed E-state index contributed by atoms with van der Waals surface area (Å²) in [6, 6.07) is 7.98. The summed E-state index contributed by atoms with van der Waals surface area (Å²) in [6.45, 7) is 4.04. The predicted octanol–water partition coefficient (Wildman–Crippen LogP) is 2.98. The molecule has 0 aromatic heterocycles. The van der Waals surface area contributed by atoms with Crippen LogP contribution in [-0.4, -0.2) is 5.11 Å². The molecule has 0 bridgehead atoms. The fourth-order valence-electron chi connectivity index (χ4n) is 1.08. The van der Waals surface area contributed by atoms with Gasteiger partial charge in [0.2, 0.25) is 0 Å². The third-order valence-electron chi connectivity index (χ3n) is 1.82. The van der Waals surface area contributed by atoms with Crippen LogP contribution < -0.4 is 0 Å². The highest BCUT2D eigenvalue weighted by atomic mass is 127. The second-order valence-electron chi connectivity index (χ2n) is 3.24. The minimum Gasteiger partial charge on any atom is -0.388 e.